The van der Waals surface area contributed by atoms with Crippen LogP contribution in [0.25, 0.3) is 0 Å². The van der Waals surface area contributed by atoms with Crippen LogP contribution in [0.3, 0.4) is 0 Å². The van der Waals surface area contributed by atoms with Crippen molar-refractivity contribution in [2.75, 3.05) is 44.2 Å². The van der Waals surface area contributed by atoms with E-state index in [-0.39, 0.29) is 11.6 Å². The highest BCUT2D eigenvalue weighted by atomic mass is 35.5. The number of β-amino-alcohol motifs (C(OH)–C–C–N with tert-alkyl or cyclic N) is 1. The van der Waals surface area contributed by atoms with Gasteiger partial charge in [-0.15, -0.1) is 0 Å². The molecule has 0 spiro atoms. The van der Waals surface area contributed by atoms with E-state index in [1.54, 1.807) is 0 Å². The minimum absolute atomic E-state index is 0.00966. The zero-order valence-corrected chi connectivity index (χ0v) is 16.5. The number of anilines is 1. The topological polar surface area (TPSA) is 48.8 Å². The molecule has 0 saturated carbocycles. The Hall–Kier alpha value is -2.03. The largest absolute Gasteiger partial charge is 0.491 e. The molecule has 1 aliphatic heterocycles. The lowest BCUT2D eigenvalue weighted by atomic mass is 10.2. The van der Waals surface area contributed by atoms with Gasteiger partial charge in [-0.1, -0.05) is 29.8 Å². The molecule has 1 aromatic carbocycles. The van der Waals surface area contributed by atoms with Crippen molar-refractivity contribution in [3.8, 4) is 5.75 Å². The molecule has 2 heterocycles. The van der Waals surface area contributed by atoms with Gasteiger partial charge in [0.25, 0.3) is 0 Å². The molecule has 158 valence electrons. The van der Waals surface area contributed by atoms with Gasteiger partial charge in [0.15, 0.2) is 0 Å². The number of aliphatic hydroxyl groups excluding tert-OH is 1. The predicted octanol–water partition coefficient (Wildman–Crippen LogP) is 3.71. The van der Waals surface area contributed by atoms with Crippen LogP contribution in [-0.4, -0.2) is 60.4 Å². The average Bonchev–Trinajstić information content (AvgIpc) is 2.92. The normalized spacial score (nSPS) is 17.1. The molecule has 1 N–H and O–H groups in total. The fourth-order valence-corrected chi connectivity index (χ4v) is 3.53. The van der Waals surface area contributed by atoms with E-state index < -0.39 is 17.8 Å². The molecule has 2 aromatic rings. The zero-order chi connectivity index (χ0) is 20.9. The number of pyridine rings is 1. The van der Waals surface area contributed by atoms with Crippen LogP contribution in [0.2, 0.25) is 5.02 Å². The molecule has 0 aliphatic carbocycles. The van der Waals surface area contributed by atoms with E-state index in [2.05, 4.69) is 9.88 Å². The maximum Gasteiger partial charge on any atom is 0.417 e. The lowest BCUT2D eigenvalue weighted by Gasteiger charge is -2.25. The quantitative estimate of drug-likeness (QED) is 0.758. The van der Waals surface area contributed by atoms with Gasteiger partial charge in [0.05, 0.1) is 10.6 Å². The van der Waals surface area contributed by atoms with Crippen LogP contribution >= 0.6 is 11.6 Å². The summed E-state index contributed by atoms with van der Waals surface area (Å²) in [7, 11) is 0. The van der Waals surface area contributed by atoms with Gasteiger partial charge in [0.2, 0.25) is 0 Å². The van der Waals surface area contributed by atoms with E-state index in [0.717, 1.165) is 25.2 Å². The highest BCUT2D eigenvalue weighted by Gasteiger charge is 2.32. The summed E-state index contributed by atoms with van der Waals surface area (Å²) >= 11 is 6.07. The number of hydrogen-bond donors (Lipinski definition) is 1. The van der Waals surface area contributed by atoms with Crippen molar-refractivity contribution in [3.63, 3.8) is 0 Å². The van der Waals surface area contributed by atoms with Crippen molar-refractivity contribution in [2.45, 2.75) is 18.7 Å². The first-order valence-corrected chi connectivity index (χ1v) is 9.76. The average molecular weight is 430 g/mol. The van der Waals surface area contributed by atoms with Crippen LogP contribution in [0.5, 0.6) is 5.75 Å². The van der Waals surface area contributed by atoms with E-state index in [9.17, 15) is 18.3 Å². The third-order valence-corrected chi connectivity index (χ3v) is 4.97. The van der Waals surface area contributed by atoms with Crippen molar-refractivity contribution in [1.29, 1.82) is 0 Å². The maximum absolute atomic E-state index is 12.8. The van der Waals surface area contributed by atoms with Gasteiger partial charge in [-0.2, -0.15) is 13.2 Å². The van der Waals surface area contributed by atoms with Crippen molar-refractivity contribution in [2.24, 2.45) is 0 Å². The molecule has 5 nitrogen and oxygen atoms in total. The minimum Gasteiger partial charge on any atom is -0.491 e. The number of hydrogen-bond acceptors (Lipinski definition) is 5. The van der Waals surface area contributed by atoms with Crippen molar-refractivity contribution >= 4 is 17.4 Å². The van der Waals surface area contributed by atoms with Crippen molar-refractivity contribution in [1.82, 2.24) is 9.88 Å². The Bertz CT molecular complexity index is 792. The summed E-state index contributed by atoms with van der Waals surface area (Å²) in [6.45, 7) is 3.24. The van der Waals surface area contributed by atoms with Crippen LogP contribution in [0.4, 0.5) is 19.0 Å². The summed E-state index contributed by atoms with van der Waals surface area (Å²) in [4.78, 5) is 7.94. The van der Waals surface area contributed by atoms with Crippen molar-refractivity contribution in [3.05, 3.63) is 53.2 Å². The van der Waals surface area contributed by atoms with E-state index in [0.29, 0.717) is 37.7 Å². The Morgan fingerprint density at radius 1 is 1.14 bits per heavy atom. The number of ether oxygens (including phenoxy) is 1. The number of aromatic nitrogens is 1. The third kappa shape index (κ3) is 6.22. The SMILES string of the molecule is OC(COc1ccccc1)CN1CCCN(c2ncc(C(F)(F)F)cc2Cl)CC1. The highest BCUT2D eigenvalue weighted by Crippen LogP contribution is 2.33. The van der Waals surface area contributed by atoms with E-state index in [4.69, 9.17) is 16.3 Å². The Kier molecular flexibility index (Phi) is 7.21. The second-order valence-electron chi connectivity index (χ2n) is 6.95. The predicted molar refractivity (Wildman–Crippen MR) is 105 cm³/mol. The molecular formula is C20H23ClF3N3O2. The van der Waals surface area contributed by atoms with Gasteiger partial charge in [-0.3, -0.25) is 4.90 Å². The number of alkyl halides is 3. The molecule has 3 rings (SSSR count). The molecule has 1 unspecified atom stereocenters. The van der Waals surface area contributed by atoms with Gasteiger partial charge >= 0.3 is 6.18 Å². The number of halogens is 4. The zero-order valence-electron chi connectivity index (χ0n) is 15.8. The summed E-state index contributed by atoms with van der Waals surface area (Å²) in [5.74, 6) is 1.06. The van der Waals surface area contributed by atoms with Gasteiger partial charge in [0, 0.05) is 32.4 Å². The smallest absolute Gasteiger partial charge is 0.417 e. The number of rotatable bonds is 6. The van der Waals surface area contributed by atoms with E-state index >= 15 is 0 Å². The molecule has 29 heavy (non-hydrogen) atoms. The van der Waals surface area contributed by atoms with Crippen LogP contribution in [0.1, 0.15) is 12.0 Å². The molecule has 1 aromatic heterocycles. The standard InChI is InChI=1S/C20H23ClF3N3O2/c21-18-11-15(20(22,23)24)12-25-19(18)27-8-4-7-26(9-10-27)13-16(28)14-29-17-5-2-1-3-6-17/h1-3,5-6,11-12,16,28H,4,7-10,13-14H2. The molecular weight excluding hydrogens is 407 g/mol. The van der Waals surface area contributed by atoms with Crippen LogP contribution in [0.15, 0.2) is 42.6 Å². The Morgan fingerprint density at radius 2 is 1.90 bits per heavy atom. The molecule has 1 fully saturated rings. The van der Waals surface area contributed by atoms with E-state index in [1.807, 2.05) is 35.2 Å². The second kappa shape index (κ2) is 9.65. The molecule has 9 heteroatoms. The highest BCUT2D eigenvalue weighted by molar-refractivity contribution is 6.33. The summed E-state index contributed by atoms with van der Waals surface area (Å²) in [6.07, 6.45) is -3.52. The van der Waals surface area contributed by atoms with Gasteiger partial charge < -0.3 is 14.7 Å². The summed E-state index contributed by atoms with van der Waals surface area (Å²) < 4.78 is 44.0. The molecule has 1 aliphatic rings. The first-order valence-electron chi connectivity index (χ1n) is 9.39. The lowest BCUT2D eigenvalue weighted by molar-refractivity contribution is -0.137. The Morgan fingerprint density at radius 3 is 2.59 bits per heavy atom. The summed E-state index contributed by atoms with van der Waals surface area (Å²) in [6, 6.07) is 10.2. The fourth-order valence-electron chi connectivity index (χ4n) is 3.24. The molecule has 0 bridgehead atoms. The summed E-state index contributed by atoms with van der Waals surface area (Å²) in [5, 5.41) is 10.3. The first-order chi connectivity index (χ1) is 13.8. The number of nitrogens with zero attached hydrogens (tertiary/aromatic N) is 3. The van der Waals surface area contributed by atoms with Crippen molar-refractivity contribution < 1.29 is 23.0 Å². The lowest BCUT2D eigenvalue weighted by Crippen LogP contribution is -2.38. The summed E-state index contributed by atoms with van der Waals surface area (Å²) in [5.41, 5.74) is -0.857. The number of para-hydroxylation sites is 1. The van der Waals surface area contributed by atoms with E-state index in [1.165, 1.54) is 0 Å². The first kappa shape index (κ1) is 21.7. The van der Waals surface area contributed by atoms with Gasteiger partial charge in [-0.05, 0) is 31.2 Å². The molecule has 1 saturated heterocycles. The van der Waals surface area contributed by atoms with Crippen LogP contribution in [-0.2, 0) is 6.18 Å². The van der Waals surface area contributed by atoms with Gasteiger partial charge in [0.1, 0.15) is 24.3 Å². The molecule has 1 atom stereocenters. The Labute approximate surface area is 172 Å². The second-order valence-corrected chi connectivity index (χ2v) is 7.35. The molecule has 0 amide bonds. The minimum atomic E-state index is -4.47. The number of benzene rings is 1. The third-order valence-electron chi connectivity index (χ3n) is 4.69. The monoisotopic (exact) mass is 429 g/mol. The maximum atomic E-state index is 12.8. The molecule has 0 radical (unpaired) electrons. The fraction of sp³-hybridized carbons (Fsp3) is 0.450. The Balaban J connectivity index is 1.52. The number of aliphatic hydroxyl groups is 1. The van der Waals surface area contributed by atoms with Gasteiger partial charge in [-0.25, -0.2) is 4.98 Å². The van der Waals surface area contributed by atoms with Crippen LogP contribution < -0.4 is 9.64 Å². The van der Waals surface area contributed by atoms with Crippen LogP contribution in [0, 0.1) is 0 Å².